The molecule has 0 amide bonds. The molecule has 0 unspecified atom stereocenters. The van der Waals surface area contributed by atoms with Crippen LogP contribution in [-0.2, 0) is 0 Å². The van der Waals surface area contributed by atoms with Crippen molar-refractivity contribution < 1.29 is 4.74 Å². The van der Waals surface area contributed by atoms with Crippen LogP contribution < -0.4 is 4.74 Å². The van der Waals surface area contributed by atoms with E-state index in [0.29, 0.717) is 0 Å². The summed E-state index contributed by atoms with van der Waals surface area (Å²) < 4.78 is 7.87. The third-order valence-corrected chi connectivity index (χ3v) is 5.61. The molecule has 2 aromatic carbocycles. The topological polar surface area (TPSA) is 22.1 Å². The lowest BCUT2D eigenvalue weighted by Gasteiger charge is -2.00. The van der Waals surface area contributed by atoms with E-state index in [4.69, 9.17) is 9.72 Å². The van der Waals surface area contributed by atoms with E-state index >= 15 is 0 Å². The Bertz CT molecular complexity index is 907. The number of hydrogen-bond donors (Lipinski definition) is 0. The van der Waals surface area contributed by atoms with Crippen LogP contribution in [-0.4, -0.2) is 12.1 Å². The summed E-state index contributed by atoms with van der Waals surface area (Å²) in [7, 11) is 1.69. The zero-order valence-electron chi connectivity index (χ0n) is 10.8. The first-order chi connectivity index (χ1) is 9.85. The van der Waals surface area contributed by atoms with Gasteiger partial charge in [0.05, 0.1) is 7.11 Å². The Morgan fingerprint density at radius 1 is 1.00 bits per heavy atom. The molecule has 0 N–H and O–H groups in total. The number of rotatable bonds is 2. The van der Waals surface area contributed by atoms with Gasteiger partial charge in [-0.25, -0.2) is 4.98 Å². The molecule has 20 heavy (non-hydrogen) atoms. The van der Waals surface area contributed by atoms with Crippen molar-refractivity contribution in [1.82, 2.24) is 4.98 Å². The molecule has 2 aromatic heterocycles. The van der Waals surface area contributed by atoms with E-state index in [1.807, 2.05) is 29.5 Å². The fourth-order valence-corrected chi connectivity index (χ4v) is 4.63. The molecular weight excluding hydrogens is 286 g/mol. The number of thiophene rings is 1. The standard InChI is InChI=1S/C16H11NOS2/c1-18-11-6-4-5-10(9-11)15-17-14-12-7-2-3-8-13(12)19-16(14)20-15/h2-9H,1H3. The Kier molecular flexibility index (Phi) is 2.72. The molecule has 4 aromatic rings. The molecule has 98 valence electrons. The highest BCUT2D eigenvalue weighted by molar-refractivity contribution is 7.42. The largest absolute Gasteiger partial charge is 0.497 e. The molecule has 0 radical (unpaired) electrons. The SMILES string of the molecule is COc1cccc(-c2nc3c(s2)sc2ccccc23)c1. The molecule has 0 bridgehead atoms. The molecule has 4 heteroatoms. The third kappa shape index (κ3) is 1.80. The highest BCUT2D eigenvalue weighted by Crippen LogP contribution is 2.40. The second-order valence-corrected chi connectivity index (χ2v) is 6.79. The summed E-state index contributed by atoms with van der Waals surface area (Å²) in [5.41, 5.74) is 2.23. The van der Waals surface area contributed by atoms with E-state index in [-0.39, 0.29) is 0 Å². The minimum Gasteiger partial charge on any atom is -0.497 e. The Balaban J connectivity index is 1.92. The van der Waals surface area contributed by atoms with Crippen LogP contribution in [0.3, 0.4) is 0 Å². The first kappa shape index (κ1) is 11.9. The average Bonchev–Trinajstić information content (AvgIpc) is 3.05. The van der Waals surface area contributed by atoms with Gasteiger partial charge >= 0.3 is 0 Å². The van der Waals surface area contributed by atoms with Crippen molar-refractivity contribution in [3.8, 4) is 16.3 Å². The van der Waals surface area contributed by atoms with Gasteiger partial charge in [-0.05, 0) is 18.2 Å². The van der Waals surface area contributed by atoms with Crippen molar-refractivity contribution in [1.29, 1.82) is 0 Å². The zero-order chi connectivity index (χ0) is 13.5. The monoisotopic (exact) mass is 297 g/mol. The number of methoxy groups -OCH3 is 1. The van der Waals surface area contributed by atoms with Gasteiger partial charge in [0, 0.05) is 15.6 Å². The fraction of sp³-hybridized carbons (Fsp3) is 0.0625. The molecule has 0 aliphatic heterocycles. The van der Waals surface area contributed by atoms with Crippen molar-refractivity contribution in [2.45, 2.75) is 0 Å². The summed E-state index contributed by atoms with van der Waals surface area (Å²) in [5.74, 6) is 0.867. The highest BCUT2D eigenvalue weighted by Gasteiger charge is 2.12. The van der Waals surface area contributed by atoms with Crippen LogP contribution in [0.4, 0.5) is 0 Å². The van der Waals surface area contributed by atoms with Gasteiger partial charge in [-0.15, -0.1) is 22.7 Å². The molecule has 0 saturated heterocycles. The van der Waals surface area contributed by atoms with E-state index in [1.165, 1.54) is 14.1 Å². The van der Waals surface area contributed by atoms with Crippen molar-refractivity contribution >= 4 is 42.3 Å². The Morgan fingerprint density at radius 2 is 1.90 bits per heavy atom. The molecule has 2 heterocycles. The molecule has 0 saturated carbocycles. The Labute approximate surface area is 124 Å². The summed E-state index contributed by atoms with van der Waals surface area (Å²) >= 11 is 3.56. The molecule has 0 atom stereocenters. The van der Waals surface area contributed by atoms with Crippen molar-refractivity contribution in [2.24, 2.45) is 0 Å². The second kappa shape index (κ2) is 4.58. The second-order valence-electron chi connectivity index (χ2n) is 4.49. The molecule has 0 aliphatic carbocycles. The van der Waals surface area contributed by atoms with Gasteiger partial charge in [0.15, 0.2) is 0 Å². The summed E-state index contributed by atoms with van der Waals surface area (Å²) in [4.78, 5) is 4.82. The first-order valence-corrected chi connectivity index (χ1v) is 7.91. The molecular formula is C16H11NOS2. The fourth-order valence-electron chi connectivity index (χ4n) is 2.28. The van der Waals surface area contributed by atoms with Crippen molar-refractivity contribution in [3.63, 3.8) is 0 Å². The maximum Gasteiger partial charge on any atom is 0.125 e. The van der Waals surface area contributed by atoms with Gasteiger partial charge in [0.2, 0.25) is 0 Å². The predicted octanol–water partition coefficient (Wildman–Crippen LogP) is 5.19. The van der Waals surface area contributed by atoms with Crippen molar-refractivity contribution in [3.05, 3.63) is 48.5 Å². The highest BCUT2D eigenvalue weighted by atomic mass is 32.2. The number of thiazole rings is 1. The lowest BCUT2D eigenvalue weighted by atomic mass is 10.2. The molecule has 0 aliphatic rings. The third-order valence-electron chi connectivity index (χ3n) is 3.26. The maximum absolute atomic E-state index is 5.28. The van der Waals surface area contributed by atoms with E-state index in [1.54, 1.807) is 18.4 Å². The van der Waals surface area contributed by atoms with Crippen LogP contribution in [0, 0.1) is 0 Å². The molecule has 2 nitrogen and oxygen atoms in total. The van der Waals surface area contributed by atoms with Crippen LogP contribution in [0.15, 0.2) is 48.5 Å². The van der Waals surface area contributed by atoms with Gasteiger partial charge in [0.25, 0.3) is 0 Å². The van der Waals surface area contributed by atoms with Crippen LogP contribution in [0.5, 0.6) is 5.75 Å². The minimum absolute atomic E-state index is 0.867. The van der Waals surface area contributed by atoms with Crippen LogP contribution in [0.1, 0.15) is 0 Å². The number of benzene rings is 2. The number of hydrogen-bond acceptors (Lipinski definition) is 4. The molecule has 4 rings (SSSR count). The predicted molar refractivity (Wildman–Crippen MR) is 87.0 cm³/mol. The number of ether oxygens (including phenoxy) is 1. The number of fused-ring (bicyclic) bond motifs is 3. The number of aromatic nitrogens is 1. The van der Waals surface area contributed by atoms with Gasteiger partial charge in [0.1, 0.15) is 20.3 Å². The van der Waals surface area contributed by atoms with Gasteiger partial charge in [-0.2, -0.15) is 0 Å². The lowest BCUT2D eigenvalue weighted by molar-refractivity contribution is 0.415. The summed E-state index contributed by atoms with van der Waals surface area (Å²) in [6, 6.07) is 16.5. The van der Waals surface area contributed by atoms with Crippen LogP contribution >= 0.6 is 22.7 Å². The van der Waals surface area contributed by atoms with E-state index in [9.17, 15) is 0 Å². The maximum atomic E-state index is 5.28. The summed E-state index contributed by atoms with van der Waals surface area (Å²) in [6.45, 7) is 0. The molecule has 0 fully saturated rings. The molecule has 0 spiro atoms. The van der Waals surface area contributed by atoms with Gasteiger partial charge in [-0.3, -0.25) is 0 Å². The first-order valence-electron chi connectivity index (χ1n) is 6.27. The van der Waals surface area contributed by atoms with Crippen LogP contribution in [0.25, 0.3) is 30.2 Å². The quantitative estimate of drug-likeness (QED) is 0.508. The summed E-state index contributed by atoms with van der Waals surface area (Å²) in [6.07, 6.45) is 0. The van der Waals surface area contributed by atoms with Crippen LogP contribution in [0.2, 0.25) is 0 Å². The van der Waals surface area contributed by atoms with E-state index < -0.39 is 0 Å². The van der Waals surface area contributed by atoms with Crippen molar-refractivity contribution in [2.75, 3.05) is 7.11 Å². The van der Waals surface area contributed by atoms with E-state index in [2.05, 4.69) is 30.3 Å². The smallest absolute Gasteiger partial charge is 0.125 e. The normalized spacial score (nSPS) is 11.2. The minimum atomic E-state index is 0.867. The zero-order valence-corrected chi connectivity index (χ0v) is 12.4. The Hall–Kier alpha value is -1.91. The number of nitrogens with zero attached hydrogens (tertiary/aromatic N) is 1. The van der Waals surface area contributed by atoms with Gasteiger partial charge < -0.3 is 4.74 Å². The van der Waals surface area contributed by atoms with Gasteiger partial charge in [-0.1, -0.05) is 30.3 Å². The average molecular weight is 297 g/mol. The Morgan fingerprint density at radius 3 is 2.80 bits per heavy atom. The lowest BCUT2D eigenvalue weighted by Crippen LogP contribution is -1.83. The summed E-state index contributed by atoms with van der Waals surface area (Å²) in [5, 5.41) is 2.30. The van der Waals surface area contributed by atoms with E-state index in [0.717, 1.165) is 21.8 Å².